The lowest BCUT2D eigenvalue weighted by atomic mass is 10.3. The van der Waals surface area contributed by atoms with Crippen LogP contribution in [0.3, 0.4) is 0 Å². The van der Waals surface area contributed by atoms with E-state index in [-0.39, 0.29) is 28.0 Å². The number of esters is 1. The molecule has 0 aromatic heterocycles. The second kappa shape index (κ2) is 23.0. The van der Waals surface area contributed by atoms with Crippen molar-refractivity contribution in [3.63, 3.8) is 0 Å². The molecule has 25 heavy (non-hydrogen) atoms. The second-order valence-corrected chi connectivity index (χ2v) is 5.60. The second-order valence-electron chi connectivity index (χ2n) is 4.32. The zero-order valence-electron chi connectivity index (χ0n) is 17.1. The highest BCUT2D eigenvalue weighted by molar-refractivity contribution is 8.00. The Morgan fingerprint density at radius 1 is 1.04 bits per heavy atom. The number of cyclic esters (lactones) is 1. The van der Waals surface area contributed by atoms with Gasteiger partial charge in [-0.1, -0.05) is 48.0 Å². The van der Waals surface area contributed by atoms with Crippen molar-refractivity contribution in [2.24, 2.45) is 0 Å². The first kappa shape index (κ1) is 31.7. The van der Waals surface area contributed by atoms with Gasteiger partial charge in [-0.25, -0.2) is 0 Å². The Morgan fingerprint density at radius 2 is 1.52 bits per heavy atom. The standard InChI is InChI=1S/C12H15NO2S.C3H8.2C2H6.2B/c1-2-13-9-3-5-10(6-4-9)16-11-7-8-15-12(11)14;1-3-2;2*1-2;;/h3-6,11,13H,2,7-8H2,1H3;3H2,1-2H3;2*1-2H3;;. The Kier molecular flexibility index (Phi) is 29.1. The largest absolute Gasteiger partial charge is 0.465 e. The van der Waals surface area contributed by atoms with Crippen LogP contribution in [0, 0.1) is 0 Å². The quantitative estimate of drug-likeness (QED) is 0.587. The molecule has 0 spiro atoms. The molecule has 1 aliphatic rings. The molecule has 6 radical (unpaired) electrons. The molecule has 1 N–H and O–H groups in total. The molecule has 6 heteroatoms. The van der Waals surface area contributed by atoms with E-state index in [1.165, 1.54) is 6.42 Å². The summed E-state index contributed by atoms with van der Waals surface area (Å²) in [6.07, 6.45) is 2.07. The van der Waals surface area contributed by atoms with Crippen molar-refractivity contribution < 1.29 is 9.53 Å². The highest BCUT2D eigenvalue weighted by Crippen LogP contribution is 2.30. The van der Waals surface area contributed by atoms with Crippen LogP contribution in [0.4, 0.5) is 5.69 Å². The van der Waals surface area contributed by atoms with Crippen LogP contribution < -0.4 is 5.32 Å². The summed E-state index contributed by atoms with van der Waals surface area (Å²) in [6.45, 7) is 15.8. The zero-order valence-corrected chi connectivity index (χ0v) is 17.9. The Labute approximate surface area is 164 Å². The van der Waals surface area contributed by atoms with Crippen LogP contribution in [0.15, 0.2) is 29.2 Å². The average Bonchev–Trinajstić information content (AvgIpc) is 2.99. The fourth-order valence-corrected chi connectivity index (χ4v) is 2.60. The summed E-state index contributed by atoms with van der Waals surface area (Å²) in [5.74, 6) is -0.0826. The molecular formula is C19H35B2NO2S. The van der Waals surface area contributed by atoms with E-state index in [1.54, 1.807) is 11.8 Å². The molecule has 1 aromatic rings. The summed E-state index contributed by atoms with van der Waals surface area (Å²) >= 11 is 1.58. The van der Waals surface area contributed by atoms with E-state index in [9.17, 15) is 4.79 Å². The van der Waals surface area contributed by atoms with E-state index in [2.05, 4.69) is 26.1 Å². The maximum atomic E-state index is 11.3. The van der Waals surface area contributed by atoms with Crippen LogP contribution in [0.1, 0.15) is 61.3 Å². The monoisotopic (exact) mass is 363 g/mol. The maximum absolute atomic E-state index is 11.3. The molecule has 1 atom stereocenters. The number of carbonyl (C=O) groups excluding carboxylic acids is 1. The molecule has 1 saturated heterocycles. The molecule has 1 aliphatic heterocycles. The normalized spacial score (nSPS) is 13.7. The van der Waals surface area contributed by atoms with Gasteiger partial charge in [0, 0.05) is 40.4 Å². The Bertz CT molecular complexity index is 390. The predicted octanol–water partition coefficient (Wildman–Crippen LogP) is 5.23. The first-order valence-electron chi connectivity index (χ1n) is 8.88. The van der Waals surface area contributed by atoms with Crippen molar-refractivity contribution in [1.29, 1.82) is 0 Å². The fraction of sp³-hybridized carbons (Fsp3) is 0.632. The number of anilines is 1. The van der Waals surface area contributed by atoms with Crippen LogP contribution in [-0.4, -0.2) is 41.2 Å². The summed E-state index contributed by atoms with van der Waals surface area (Å²) in [4.78, 5) is 12.4. The molecular weight excluding hydrogens is 328 g/mol. The van der Waals surface area contributed by atoms with Gasteiger partial charge in [0.15, 0.2) is 0 Å². The molecule has 3 nitrogen and oxygen atoms in total. The minimum atomic E-state index is -0.0826. The molecule has 1 heterocycles. The lowest BCUT2D eigenvalue weighted by Gasteiger charge is -2.07. The van der Waals surface area contributed by atoms with Crippen LogP contribution in [-0.2, 0) is 9.53 Å². The topological polar surface area (TPSA) is 38.3 Å². The summed E-state index contributed by atoms with van der Waals surface area (Å²) in [5.41, 5.74) is 1.11. The number of carbonyl (C=O) groups is 1. The summed E-state index contributed by atoms with van der Waals surface area (Å²) in [5, 5.41) is 3.21. The van der Waals surface area contributed by atoms with E-state index in [1.807, 2.05) is 52.0 Å². The van der Waals surface area contributed by atoms with E-state index in [4.69, 9.17) is 4.74 Å². The molecule has 1 fully saturated rings. The first-order valence-corrected chi connectivity index (χ1v) is 9.76. The minimum absolute atomic E-state index is 0. The number of thioether (sulfide) groups is 1. The van der Waals surface area contributed by atoms with Gasteiger partial charge in [0.25, 0.3) is 0 Å². The summed E-state index contributed by atoms with van der Waals surface area (Å²) < 4.78 is 4.93. The minimum Gasteiger partial charge on any atom is -0.465 e. The van der Waals surface area contributed by atoms with Crippen molar-refractivity contribution in [3.8, 4) is 0 Å². The van der Waals surface area contributed by atoms with E-state index >= 15 is 0 Å². The Hall–Kier alpha value is -1.03. The van der Waals surface area contributed by atoms with Gasteiger partial charge < -0.3 is 10.1 Å². The highest BCUT2D eigenvalue weighted by atomic mass is 32.2. The number of hydrogen-bond donors (Lipinski definition) is 1. The Morgan fingerprint density at radius 3 is 1.88 bits per heavy atom. The van der Waals surface area contributed by atoms with Gasteiger partial charge in [-0.15, -0.1) is 11.8 Å². The molecule has 1 unspecified atom stereocenters. The van der Waals surface area contributed by atoms with Crippen LogP contribution in [0.5, 0.6) is 0 Å². The van der Waals surface area contributed by atoms with Gasteiger partial charge in [-0.05, 0) is 31.2 Å². The van der Waals surface area contributed by atoms with Crippen LogP contribution >= 0.6 is 11.8 Å². The molecule has 2 rings (SSSR count). The molecule has 0 amide bonds. The molecule has 0 aliphatic carbocycles. The van der Waals surface area contributed by atoms with Crippen molar-refractivity contribution >= 4 is 40.2 Å². The van der Waals surface area contributed by atoms with E-state index in [0.717, 1.165) is 23.5 Å². The smallest absolute Gasteiger partial charge is 0.319 e. The first-order chi connectivity index (χ1) is 11.2. The lowest BCUT2D eigenvalue weighted by Crippen LogP contribution is -2.09. The maximum Gasteiger partial charge on any atom is 0.319 e. The third-order valence-electron chi connectivity index (χ3n) is 2.40. The SMILES string of the molecule is CC.CC.CCC.CCNc1ccc(SC2CCOC2=O)cc1.[B].[B]. The molecule has 0 bridgehead atoms. The van der Waals surface area contributed by atoms with Gasteiger partial charge in [0.05, 0.1) is 6.61 Å². The van der Waals surface area contributed by atoms with Gasteiger partial charge in [-0.2, -0.15) is 0 Å². The van der Waals surface area contributed by atoms with Crippen molar-refractivity contribution in [1.82, 2.24) is 0 Å². The molecule has 0 saturated carbocycles. The number of rotatable bonds is 4. The predicted molar refractivity (Wildman–Crippen MR) is 116 cm³/mol. The fourth-order valence-electron chi connectivity index (χ4n) is 1.60. The van der Waals surface area contributed by atoms with Gasteiger partial charge in [0.2, 0.25) is 0 Å². The zero-order chi connectivity index (χ0) is 18.1. The van der Waals surface area contributed by atoms with Crippen molar-refractivity contribution in [2.45, 2.75) is 71.5 Å². The third kappa shape index (κ3) is 15.0. The lowest BCUT2D eigenvalue weighted by molar-refractivity contribution is -0.137. The third-order valence-corrected chi connectivity index (χ3v) is 3.66. The van der Waals surface area contributed by atoms with Gasteiger partial charge >= 0.3 is 5.97 Å². The number of hydrogen-bond acceptors (Lipinski definition) is 4. The van der Waals surface area contributed by atoms with Gasteiger partial charge in [0.1, 0.15) is 5.25 Å². The highest BCUT2D eigenvalue weighted by Gasteiger charge is 2.27. The van der Waals surface area contributed by atoms with Crippen molar-refractivity contribution in [3.05, 3.63) is 24.3 Å². The molecule has 1 aromatic carbocycles. The molecule has 140 valence electrons. The number of benzene rings is 1. The van der Waals surface area contributed by atoms with Gasteiger partial charge in [-0.3, -0.25) is 4.79 Å². The van der Waals surface area contributed by atoms with E-state index in [0.29, 0.717) is 6.61 Å². The number of nitrogens with one attached hydrogen (secondary N) is 1. The summed E-state index contributed by atoms with van der Waals surface area (Å²) in [6, 6.07) is 8.14. The Balaban J connectivity index is -0.000000217. The van der Waals surface area contributed by atoms with Crippen LogP contribution in [0.25, 0.3) is 0 Å². The van der Waals surface area contributed by atoms with E-state index < -0.39 is 0 Å². The average molecular weight is 363 g/mol. The van der Waals surface area contributed by atoms with Crippen LogP contribution in [0.2, 0.25) is 0 Å². The summed E-state index contributed by atoms with van der Waals surface area (Å²) in [7, 11) is 0. The number of ether oxygens (including phenoxy) is 1. The van der Waals surface area contributed by atoms with Crippen molar-refractivity contribution in [2.75, 3.05) is 18.5 Å².